The minimum Gasteiger partial charge on any atom is -0.497 e. The van der Waals surface area contributed by atoms with Crippen LogP contribution in [0.25, 0.3) is 0 Å². The molecule has 0 radical (unpaired) electrons. The molecule has 0 fully saturated rings. The molecule has 0 bridgehead atoms. The predicted molar refractivity (Wildman–Crippen MR) is 80.0 cm³/mol. The fraction of sp³-hybridized carbons (Fsp3) is 0.267. The average molecular weight is 320 g/mol. The summed E-state index contributed by atoms with van der Waals surface area (Å²) in [4.78, 5) is 27.6. The zero-order valence-electron chi connectivity index (χ0n) is 12.9. The number of hydrogen-bond donors (Lipinski definition) is 1. The minimum atomic E-state index is -0.625. The van der Waals surface area contributed by atoms with Crippen molar-refractivity contribution in [3.63, 3.8) is 0 Å². The summed E-state index contributed by atoms with van der Waals surface area (Å²) in [5, 5.41) is 2.44. The zero-order valence-corrected chi connectivity index (χ0v) is 12.9. The van der Waals surface area contributed by atoms with Crippen molar-refractivity contribution < 1.29 is 28.2 Å². The number of esters is 1. The first kappa shape index (κ1) is 16.3. The van der Waals surface area contributed by atoms with Crippen LogP contribution in [0.3, 0.4) is 0 Å². The molecule has 0 saturated heterocycles. The number of oxazole rings is 1. The molecule has 122 valence electrons. The highest BCUT2D eigenvalue weighted by Gasteiger charge is 2.16. The van der Waals surface area contributed by atoms with Gasteiger partial charge >= 0.3 is 12.0 Å². The van der Waals surface area contributed by atoms with Gasteiger partial charge in [-0.1, -0.05) is 0 Å². The van der Waals surface area contributed by atoms with Crippen LogP contribution >= 0.6 is 0 Å². The fourth-order valence-corrected chi connectivity index (χ4v) is 1.74. The molecule has 0 spiro atoms. The van der Waals surface area contributed by atoms with Gasteiger partial charge in [0.25, 0.3) is 5.91 Å². The summed E-state index contributed by atoms with van der Waals surface area (Å²) in [7, 11) is 2.96. The van der Waals surface area contributed by atoms with E-state index in [2.05, 4.69) is 10.3 Å². The number of ether oxygens (including phenoxy) is 3. The number of nitrogens with one attached hydrogen (secondary N) is 1. The van der Waals surface area contributed by atoms with E-state index in [4.69, 9.17) is 18.6 Å². The van der Waals surface area contributed by atoms with Crippen molar-refractivity contribution in [3.8, 4) is 11.5 Å². The molecule has 23 heavy (non-hydrogen) atoms. The van der Waals surface area contributed by atoms with Gasteiger partial charge in [0.2, 0.25) is 0 Å². The molecule has 1 amide bonds. The molecule has 1 N–H and O–H groups in total. The molecule has 1 heterocycles. The number of methoxy groups -OCH3 is 2. The van der Waals surface area contributed by atoms with Crippen LogP contribution in [0.4, 0.5) is 6.01 Å². The first-order chi connectivity index (χ1) is 11.1. The Morgan fingerprint density at radius 1 is 1.17 bits per heavy atom. The van der Waals surface area contributed by atoms with E-state index in [0.717, 1.165) is 6.26 Å². The number of rotatable bonds is 6. The van der Waals surface area contributed by atoms with Crippen LogP contribution in [-0.4, -0.2) is 37.7 Å². The first-order valence-corrected chi connectivity index (χ1v) is 6.74. The lowest BCUT2D eigenvalue weighted by molar-refractivity contribution is 0.0519. The summed E-state index contributed by atoms with van der Waals surface area (Å²) in [6.07, 6.45) is 1.11. The number of carbonyl (C=O) groups is 2. The molecule has 2 aromatic rings. The summed E-state index contributed by atoms with van der Waals surface area (Å²) < 4.78 is 20.0. The second-order valence-corrected chi connectivity index (χ2v) is 4.31. The standard InChI is InChI=1S/C15H16N2O6/c1-4-22-14(19)12-8-23-15(16-12)17-13(18)9-5-10(20-2)7-11(6-9)21-3/h5-8H,4H2,1-3H3,(H,16,17,18). The summed E-state index contributed by atoms with van der Waals surface area (Å²) in [6, 6.07) is 4.60. The van der Waals surface area contributed by atoms with Crippen molar-refractivity contribution in [2.75, 3.05) is 26.1 Å². The summed E-state index contributed by atoms with van der Waals surface area (Å²) >= 11 is 0. The largest absolute Gasteiger partial charge is 0.497 e. The molecule has 0 aliphatic rings. The molecule has 1 aromatic heterocycles. The molecule has 0 unspecified atom stereocenters. The number of aromatic nitrogens is 1. The lowest BCUT2D eigenvalue weighted by Gasteiger charge is -2.07. The van der Waals surface area contributed by atoms with E-state index in [1.807, 2.05) is 0 Å². The van der Waals surface area contributed by atoms with Crippen molar-refractivity contribution in [1.82, 2.24) is 4.98 Å². The summed E-state index contributed by atoms with van der Waals surface area (Å²) in [5.41, 5.74) is 0.266. The van der Waals surface area contributed by atoms with Crippen molar-refractivity contribution in [2.24, 2.45) is 0 Å². The van der Waals surface area contributed by atoms with Crippen LogP contribution < -0.4 is 14.8 Å². The first-order valence-electron chi connectivity index (χ1n) is 6.74. The molecule has 2 rings (SSSR count). The van der Waals surface area contributed by atoms with E-state index in [0.29, 0.717) is 11.5 Å². The highest BCUT2D eigenvalue weighted by Crippen LogP contribution is 2.23. The molecule has 1 aromatic carbocycles. The number of anilines is 1. The molecule has 0 aliphatic carbocycles. The Morgan fingerprint density at radius 3 is 2.39 bits per heavy atom. The van der Waals surface area contributed by atoms with Crippen molar-refractivity contribution >= 4 is 17.9 Å². The van der Waals surface area contributed by atoms with Crippen LogP contribution in [-0.2, 0) is 4.74 Å². The Labute approximate surface area is 132 Å². The van der Waals surface area contributed by atoms with Crippen molar-refractivity contribution in [3.05, 3.63) is 35.7 Å². The van der Waals surface area contributed by atoms with E-state index in [-0.39, 0.29) is 23.9 Å². The maximum atomic E-state index is 12.2. The van der Waals surface area contributed by atoms with Gasteiger partial charge in [-0.15, -0.1) is 0 Å². The second kappa shape index (κ2) is 7.30. The Kier molecular flexibility index (Phi) is 5.19. The van der Waals surface area contributed by atoms with Crippen LogP contribution in [0.5, 0.6) is 11.5 Å². The quantitative estimate of drug-likeness (QED) is 0.814. The van der Waals surface area contributed by atoms with Gasteiger partial charge in [0.15, 0.2) is 5.69 Å². The van der Waals surface area contributed by atoms with Gasteiger partial charge in [0, 0.05) is 11.6 Å². The lowest BCUT2D eigenvalue weighted by atomic mass is 10.2. The van der Waals surface area contributed by atoms with E-state index in [1.54, 1.807) is 13.0 Å². The Bertz CT molecular complexity index is 687. The number of carbonyl (C=O) groups excluding carboxylic acids is 2. The number of amides is 1. The van der Waals surface area contributed by atoms with Gasteiger partial charge in [-0.3, -0.25) is 10.1 Å². The third kappa shape index (κ3) is 4.00. The highest BCUT2D eigenvalue weighted by atomic mass is 16.5. The SMILES string of the molecule is CCOC(=O)c1coc(NC(=O)c2cc(OC)cc(OC)c2)n1. The van der Waals surface area contributed by atoms with Gasteiger partial charge in [0.1, 0.15) is 17.8 Å². The maximum Gasteiger partial charge on any atom is 0.360 e. The predicted octanol–water partition coefficient (Wildman–Crippen LogP) is 2.12. The Hall–Kier alpha value is -3.03. The van der Waals surface area contributed by atoms with Gasteiger partial charge in [-0.05, 0) is 19.1 Å². The molecular weight excluding hydrogens is 304 g/mol. The zero-order chi connectivity index (χ0) is 16.8. The van der Waals surface area contributed by atoms with E-state index in [1.165, 1.54) is 26.4 Å². The van der Waals surface area contributed by atoms with Crippen molar-refractivity contribution in [1.29, 1.82) is 0 Å². The lowest BCUT2D eigenvalue weighted by Crippen LogP contribution is -2.13. The molecule has 0 atom stereocenters. The minimum absolute atomic E-state index is 0.0228. The Morgan fingerprint density at radius 2 is 1.83 bits per heavy atom. The smallest absolute Gasteiger partial charge is 0.360 e. The van der Waals surface area contributed by atoms with E-state index >= 15 is 0 Å². The van der Waals surface area contributed by atoms with Crippen LogP contribution in [0.15, 0.2) is 28.9 Å². The van der Waals surface area contributed by atoms with Crippen molar-refractivity contribution in [2.45, 2.75) is 6.92 Å². The molecule has 8 heteroatoms. The number of benzene rings is 1. The topological polar surface area (TPSA) is 99.9 Å². The van der Waals surface area contributed by atoms with Crippen LogP contribution in [0, 0.1) is 0 Å². The number of hydrogen-bond acceptors (Lipinski definition) is 7. The van der Waals surface area contributed by atoms with Gasteiger partial charge in [-0.25, -0.2) is 4.79 Å². The van der Waals surface area contributed by atoms with Gasteiger partial charge in [-0.2, -0.15) is 4.98 Å². The monoisotopic (exact) mass is 320 g/mol. The highest BCUT2D eigenvalue weighted by molar-refractivity contribution is 6.04. The summed E-state index contributed by atoms with van der Waals surface area (Å²) in [6.45, 7) is 1.90. The third-order valence-corrected chi connectivity index (χ3v) is 2.82. The Balaban J connectivity index is 2.14. The van der Waals surface area contributed by atoms with E-state index in [9.17, 15) is 9.59 Å². The van der Waals surface area contributed by atoms with Crippen LogP contribution in [0.2, 0.25) is 0 Å². The molecule has 0 saturated carbocycles. The normalized spacial score (nSPS) is 10.0. The number of nitrogens with zero attached hydrogens (tertiary/aromatic N) is 1. The third-order valence-electron chi connectivity index (χ3n) is 2.82. The van der Waals surface area contributed by atoms with Gasteiger partial charge < -0.3 is 18.6 Å². The molecular formula is C15H16N2O6. The van der Waals surface area contributed by atoms with Gasteiger partial charge in [0.05, 0.1) is 20.8 Å². The fourth-order valence-electron chi connectivity index (χ4n) is 1.74. The maximum absolute atomic E-state index is 12.2. The second-order valence-electron chi connectivity index (χ2n) is 4.31. The average Bonchev–Trinajstić information content (AvgIpc) is 3.03. The summed E-state index contributed by atoms with van der Waals surface area (Å²) in [5.74, 6) is -0.178. The molecule has 8 nitrogen and oxygen atoms in total. The van der Waals surface area contributed by atoms with E-state index < -0.39 is 11.9 Å². The van der Waals surface area contributed by atoms with Crippen LogP contribution in [0.1, 0.15) is 27.8 Å². The molecule has 0 aliphatic heterocycles.